The molecule has 3 aliphatic heterocycles. The van der Waals surface area contributed by atoms with Crippen LogP contribution in [0.25, 0.3) is 0 Å². The van der Waals surface area contributed by atoms with Gasteiger partial charge in [0.25, 0.3) is 0 Å². The summed E-state index contributed by atoms with van der Waals surface area (Å²) in [5.74, 6) is 0. The molecule has 184 valence electrons. The molecule has 0 saturated carbocycles. The Morgan fingerprint density at radius 3 is 0.774 bits per heavy atom. The maximum Gasteiger partial charge on any atom is 0.0591 e. The molecule has 2 bridgehead atoms. The predicted octanol–water partition coefficient (Wildman–Crippen LogP) is -0.105. The molecule has 0 aromatic heterocycles. The molecule has 3 N–H and O–H groups in total. The molecule has 3 aliphatic rings. The van der Waals surface area contributed by atoms with Crippen LogP contribution in [0.2, 0.25) is 0 Å². The van der Waals surface area contributed by atoms with E-state index in [1.807, 2.05) is 0 Å². The fourth-order valence-electron chi connectivity index (χ4n) is 3.40. The Morgan fingerprint density at radius 1 is 0.387 bits per heavy atom. The maximum absolute atomic E-state index is 5.94. The van der Waals surface area contributed by atoms with Crippen molar-refractivity contribution in [3.63, 3.8) is 0 Å². The van der Waals surface area contributed by atoms with E-state index in [-0.39, 0.29) is 10.8 Å². The fourth-order valence-corrected chi connectivity index (χ4v) is 3.40. The van der Waals surface area contributed by atoms with Gasteiger partial charge in [0.2, 0.25) is 0 Å². The van der Waals surface area contributed by atoms with Crippen molar-refractivity contribution in [2.24, 2.45) is 10.8 Å². The minimum atomic E-state index is -0.179. The molecular formula is C22H45N3O6. The minimum Gasteiger partial charge on any atom is -0.379 e. The van der Waals surface area contributed by atoms with Gasteiger partial charge in [-0.05, 0) is 0 Å². The molecular weight excluding hydrogens is 402 g/mol. The molecule has 0 spiro atoms. The highest BCUT2D eigenvalue weighted by atomic mass is 16.5. The number of hydrogen-bond donors (Lipinski definition) is 3. The summed E-state index contributed by atoms with van der Waals surface area (Å²) >= 11 is 0. The van der Waals surface area contributed by atoms with Gasteiger partial charge < -0.3 is 44.4 Å². The summed E-state index contributed by atoms with van der Waals surface area (Å²) in [7, 11) is 0. The second kappa shape index (κ2) is 16.3. The van der Waals surface area contributed by atoms with Gasteiger partial charge >= 0.3 is 0 Å². The summed E-state index contributed by atoms with van der Waals surface area (Å²) in [6, 6.07) is 0. The first kappa shape index (κ1) is 26.9. The Bertz CT molecular complexity index is 350. The van der Waals surface area contributed by atoms with Gasteiger partial charge in [-0.15, -0.1) is 0 Å². The smallest absolute Gasteiger partial charge is 0.0591 e. The molecule has 3 fully saturated rings. The highest BCUT2D eigenvalue weighted by Crippen LogP contribution is 2.19. The molecule has 3 rings (SSSR count). The lowest BCUT2D eigenvalue weighted by Crippen LogP contribution is -2.39. The van der Waals surface area contributed by atoms with E-state index in [9.17, 15) is 0 Å². The van der Waals surface area contributed by atoms with Crippen molar-refractivity contribution in [1.82, 2.24) is 16.0 Å². The van der Waals surface area contributed by atoms with Crippen molar-refractivity contribution >= 4 is 0 Å². The molecule has 0 unspecified atom stereocenters. The van der Waals surface area contributed by atoms with Gasteiger partial charge in [0, 0.05) is 50.1 Å². The second-order valence-corrected chi connectivity index (χ2v) is 9.19. The first-order valence-corrected chi connectivity index (χ1v) is 11.7. The first-order chi connectivity index (χ1) is 15.1. The Hall–Kier alpha value is -0.360. The van der Waals surface area contributed by atoms with Crippen LogP contribution in [0.1, 0.15) is 13.8 Å². The summed E-state index contributed by atoms with van der Waals surface area (Å²) in [4.78, 5) is 0. The van der Waals surface area contributed by atoms with Crippen LogP contribution in [0, 0.1) is 10.8 Å². The highest BCUT2D eigenvalue weighted by molar-refractivity contribution is 4.75. The third-order valence-corrected chi connectivity index (χ3v) is 5.24. The molecule has 0 radical (unpaired) electrons. The molecule has 0 atom stereocenters. The van der Waals surface area contributed by atoms with E-state index in [4.69, 9.17) is 28.4 Å². The van der Waals surface area contributed by atoms with Crippen molar-refractivity contribution in [3.05, 3.63) is 0 Å². The Labute approximate surface area is 188 Å². The molecule has 9 heteroatoms. The van der Waals surface area contributed by atoms with Crippen LogP contribution in [-0.2, 0) is 28.4 Å². The average molecular weight is 448 g/mol. The van der Waals surface area contributed by atoms with E-state index in [0.29, 0.717) is 79.3 Å². The van der Waals surface area contributed by atoms with Gasteiger partial charge in [-0.1, -0.05) is 13.8 Å². The molecule has 0 aliphatic carbocycles. The normalized spacial score (nSPS) is 33.5. The zero-order valence-corrected chi connectivity index (χ0v) is 19.7. The van der Waals surface area contributed by atoms with Crippen LogP contribution in [0.5, 0.6) is 0 Å². The molecule has 0 aromatic rings. The quantitative estimate of drug-likeness (QED) is 0.440. The lowest BCUT2D eigenvalue weighted by Gasteiger charge is -2.30. The number of hydrogen-bond acceptors (Lipinski definition) is 9. The summed E-state index contributed by atoms with van der Waals surface area (Å²) < 4.78 is 35.6. The van der Waals surface area contributed by atoms with E-state index in [1.54, 1.807) is 0 Å². The maximum atomic E-state index is 5.94. The third-order valence-electron chi connectivity index (χ3n) is 5.24. The fraction of sp³-hybridized carbons (Fsp3) is 1.00. The van der Waals surface area contributed by atoms with Gasteiger partial charge in [0.05, 0.1) is 79.3 Å². The van der Waals surface area contributed by atoms with Gasteiger partial charge in [0.1, 0.15) is 0 Å². The van der Waals surface area contributed by atoms with Crippen molar-refractivity contribution in [1.29, 1.82) is 0 Å². The SMILES string of the molecule is CC12COCCNCCOCC(C)(COCCNCCOC1)COCCNCCOC2. The summed E-state index contributed by atoms with van der Waals surface area (Å²) in [6.07, 6.45) is 0. The lowest BCUT2D eigenvalue weighted by atomic mass is 9.94. The second-order valence-electron chi connectivity index (χ2n) is 9.19. The molecule has 9 nitrogen and oxygen atoms in total. The standard InChI is InChI=1S/C22H45N3O6/c1-21-15-26-9-3-23-6-12-29-18-22(2,19-30-13-7-24-4-10-27-16-21)20-31-14-8-25-5-11-28-17-21/h23-25H,3-20H2,1-2H3. The number of ether oxygens (including phenoxy) is 6. The van der Waals surface area contributed by atoms with E-state index in [1.165, 1.54) is 0 Å². The van der Waals surface area contributed by atoms with Gasteiger partial charge in [-0.2, -0.15) is 0 Å². The Morgan fingerprint density at radius 2 is 0.581 bits per heavy atom. The first-order valence-electron chi connectivity index (χ1n) is 11.7. The van der Waals surface area contributed by atoms with Crippen molar-refractivity contribution in [3.8, 4) is 0 Å². The monoisotopic (exact) mass is 447 g/mol. The van der Waals surface area contributed by atoms with Crippen LogP contribution in [0.15, 0.2) is 0 Å². The topological polar surface area (TPSA) is 91.5 Å². The zero-order chi connectivity index (χ0) is 22.1. The van der Waals surface area contributed by atoms with E-state index in [0.717, 1.165) is 39.3 Å². The van der Waals surface area contributed by atoms with E-state index in [2.05, 4.69) is 29.8 Å². The van der Waals surface area contributed by atoms with Gasteiger partial charge in [0.15, 0.2) is 0 Å². The van der Waals surface area contributed by atoms with Crippen molar-refractivity contribution in [2.45, 2.75) is 13.8 Å². The van der Waals surface area contributed by atoms with Gasteiger partial charge in [-0.25, -0.2) is 0 Å². The largest absolute Gasteiger partial charge is 0.379 e. The Balaban J connectivity index is 1.97. The van der Waals surface area contributed by atoms with Gasteiger partial charge in [-0.3, -0.25) is 0 Å². The Kier molecular flexibility index (Phi) is 14.1. The molecule has 3 heterocycles. The average Bonchev–Trinajstić information content (AvgIpc) is 2.75. The number of rotatable bonds is 0. The van der Waals surface area contributed by atoms with Crippen molar-refractivity contribution < 1.29 is 28.4 Å². The summed E-state index contributed by atoms with van der Waals surface area (Å²) in [6.45, 7) is 16.6. The highest BCUT2D eigenvalue weighted by Gasteiger charge is 2.27. The number of fused-ring (bicyclic) bond motifs is 24. The van der Waals surface area contributed by atoms with E-state index < -0.39 is 0 Å². The van der Waals surface area contributed by atoms with E-state index >= 15 is 0 Å². The van der Waals surface area contributed by atoms with Crippen LogP contribution in [0.4, 0.5) is 0 Å². The zero-order valence-electron chi connectivity index (χ0n) is 19.7. The van der Waals surface area contributed by atoms with Crippen LogP contribution < -0.4 is 16.0 Å². The van der Waals surface area contributed by atoms with Crippen LogP contribution >= 0.6 is 0 Å². The lowest BCUT2D eigenvalue weighted by molar-refractivity contribution is -0.0648. The summed E-state index contributed by atoms with van der Waals surface area (Å²) in [5.41, 5.74) is -0.358. The predicted molar refractivity (Wildman–Crippen MR) is 120 cm³/mol. The summed E-state index contributed by atoms with van der Waals surface area (Å²) in [5, 5.41) is 10.1. The number of nitrogens with one attached hydrogen (secondary N) is 3. The third kappa shape index (κ3) is 13.1. The van der Waals surface area contributed by atoms with Crippen molar-refractivity contribution in [2.75, 3.05) is 119 Å². The molecule has 0 amide bonds. The molecule has 0 aromatic carbocycles. The van der Waals surface area contributed by atoms with Crippen LogP contribution in [0.3, 0.4) is 0 Å². The molecule has 3 saturated heterocycles. The molecule has 31 heavy (non-hydrogen) atoms. The minimum absolute atomic E-state index is 0.179. The van der Waals surface area contributed by atoms with Crippen LogP contribution in [-0.4, -0.2) is 119 Å².